The Morgan fingerprint density at radius 1 is 0.938 bits per heavy atom. The number of benzene rings is 2. The molecule has 32 heavy (non-hydrogen) atoms. The standard InChI is InChI=1S/C24H21N3O3S2/c1-29-20-15-21(30-2)27-23(26-20)22(16-7-4-3-5-8-16)32-18-12-10-17(11-13-18)25-24(28)19-9-6-14-31-19/h3-15,22H,1-2H3,(H,25,28)/t22-/m1/s1. The van der Waals surface area contributed by atoms with E-state index in [1.165, 1.54) is 11.3 Å². The first-order valence-corrected chi connectivity index (χ1v) is 11.6. The van der Waals surface area contributed by atoms with Crippen LogP contribution in [0.15, 0.2) is 83.1 Å². The van der Waals surface area contributed by atoms with E-state index < -0.39 is 0 Å². The fraction of sp³-hybridized carbons (Fsp3) is 0.125. The van der Waals surface area contributed by atoms with Gasteiger partial charge in [-0.2, -0.15) is 9.97 Å². The third-order valence-electron chi connectivity index (χ3n) is 4.56. The highest BCUT2D eigenvalue weighted by molar-refractivity contribution is 7.99. The average molecular weight is 464 g/mol. The number of hydrogen-bond donors (Lipinski definition) is 1. The van der Waals surface area contributed by atoms with Crippen molar-refractivity contribution >= 4 is 34.7 Å². The van der Waals surface area contributed by atoms with E-state index in [2.05, 4.69) is 15.3 Å². The van der Waals surface area contributed by atoms with Gasteiger partial charge in [-0.15, -0.1) is 23.1 Å². The molecular weight excluding hydrogens is 442 g/mol. The highest BCUT2D eigenvalue weighted by atomic mass is 32.2. The molecule has 2 heterocycles. The van der Waals surface area contributed by atoms with E-state index in [9.17, 15) is 4.79 Å². The van der Waals surface area contributed by atoms with Gasteiger partial charge in [0.15, 0.2) is 5.82 Å². The van der Waals surface area contributed by atoms with E-state index in [1.807, 2.05) is 66.0 Å². The van der Waals surface area contributed by atoms with Gasteiger partial charge in [-0.1, -0.05) is 36.4 Å². The number of thiophene rings is 1. The third-order valence-corrected chi connectivity index (χ3v) is 6.69. The maximum absolute atomic E-state index is 12.3. The number of anilines is 1. The minimum atomic E-state index is -0.174. The van der Waals surface area contributed by atoms with E-state index in [4.69, 9.17) is 9.47 Å². The van der Waals surface area contributed by atoms with E-state index >= 15 is 0 Å². The van der Waals surface area contributed by atoms with Gasteiger partial charge in [-0.3, -0.25) is 4.79 Å². The second-order valence-corrected chi connectivity index (χ2v) is 8.80. The second kappa shape index (κ2) is 10.3. The van der Waals surface area contributed by atoms with Crippen molar-refractivity contribution in [3.05, 3.63) is 94.4 Å². The molecule has 4 aromatic rings. The Balaban J connectivity index is 1.59. The fourth-order valence-corrected chi connectivity index (χ4v) is 4.69. The lowest BCUT2D eigenvalue weighted by atomic mass is 10.1. The van der Waals surface area contributed by atoms with Crippen LogP contribution in [0.3, 0.4) is 0 Å². The van der Waals surface area contributed by atoms with Crippen molar-refractivity contribution in [1.82, 2.24) is 9.97 Å². The Kier molecular flexibility index (Phi) is 7.03. The Morgan fingerprint density at radius 3 is 2.22 bits per heavy atom. The summed E-state index contributed by atoms with van der Waals surface area (Å²) in [6.07, 6.45) is 0. The van der Waals surface area contributed by atoms with Gasteiger partial charge in [-0.25, -0.2) is 0 Å². The van der Waals surface area contributed by atoms with Gasteiger partial charge in [0, 0.05) is 10.6 Å². The summed E-state index contributed by atoms with van der Waals surface area (Å²) in [7, 11) is 3.14. The monoisotopic (exact) mass is 463 g/mol. The van der Waals surface area contributed by atoms with Crippen LogP contribution in [0.4, 0.5) is 5.69 Å². The van der Waals surface area contributed by atoms with Gasteiger partial charge in [0.05, 0.1) is 30.4 Å². The molecule has 0 saturated heterocycles. The number of nitrogens with one attached hydrogen (secondary N) is 1. The minimum absolute atomic E-state index is 0.112. The Labute approximate surface area is 194 Å². The lowest BCUT2D eigenvalue weighted by Gasteiger charge is -2.17. The molecule has 2 aromatic carbocycles. The summed E-state index contributed by atoms with van der Waals surface area (Å²) >= 11 is 3.02. The molecule has 0 saturated carbocycles. The van der Waals surface area contributed by atoms with E-state index in [-0.39, 0.29) is 11.2 Å². The number of nitrogens with zero attached hydrogens (tertiary/aromatic N) is 2. The van der Waals surface area contributed by atoms with Crippen LogP contribution in [-0.4, -0.2) is 30.1 Å². The number of carbonyl (C=O) groups is 1. The first-order valence-electron chi connectivity index (χ1n) is 9.80. The molecule has 0 fully saturated rings. The smallest absolute Gasteiger partial charge is 0.265 e. The largest absolute Gasteiger partial charge is 0.481 e. The van der Waals surface area contributed by atoms with E-state index in [1.54, 1.807) is 38.1 Å². The molecule has 0 unspecified atom stereocenters. The normalized spacial score (nSPS) is 11.6. The molecule has 162 valence electrons. The Hall–Kier alpha value is -3.36. The van der Waals surface area contributed by atoms with Crippen LogP contribution in [0.1, 0.15) is 26.3 Å². The molecule has 4 rings (SSSR count). The highest BCUT2D eigenvalue weighted by Crippen LogP contribution is 2.40. The van der Waals surface area contributed by atoms with Crippen molar-refractivity contribution in [2.75, 3.05) is 19.5 Å². The predicted octanol–water partition coefficient (Wildman–Crippen LogP) is 5.69. The lowest BCUT2D eigenvalue weighted by Crippen LogP contribution is -2.09. The number of methoxy groups -OCH3 is 2. The first kappa shape index (κ1) is 21.9. The minimum Gasteiger partial charge on any atom is -0.481 e. The summed E-state index contributed by atoms with van der Waals surface area (Å²) in [5.74, 6) is 1.37. The van der Waals surface area contributed by atoms with Crippen LogP contribution in [0.25, 0.3) is 0 Å². The maximum Gasteiger partial charge on any atom is 0.265 e. The molecule has 8 heteroatoms. The van der Waals surface area contributed by atoms with Crippen molar-refractivity contribution in [2.45, 2.75) is 10.1 Å². The van der Waals surface area contributed by atoms with Crippen LogP contribution in [0, 0.1) is 0 Å². The Bertz CT molecular complexity index is 1140. The topological polar surface area (TPSA) is 73.3 Å². The number of carbonyl (C=O) groups excluding carboxylic acids is 1. The van der Waals surface area contributed by atoms with Crippen LogP contribution in [0.2, 0.25) is 0 Å². The van der Waals surface area contributed by atoms with Crippen LogP contribution in [-0.2, 0) is 0 Å². The first-order chi connectivity index (χ1) is 15.7. The molecule has 0 radical (unpaired) electrons. The lowest BCUT2D eigenvalue weighted by molar-refractivity contribution is 0.103. The predicted molar refractivity (Wildman–Crippen MR) is 128 cm³/mol. The number of hydrogen-bond acceptors (Lipinski definition) is 7. The van der Waals surface area contributed by atoms with Gasteiger partial charge in [-0.05, 0) is 41.3 Å². The van der Waals surface area contributed by atoms with Gasteiger partial charge in [0.25, 0.3) is 5.91 Å². The molecule has 0 spiro atoms. The quantitative estimate of drug-likeness (QED) is 0.339. The summed E-state index contributed by atoms with van der Waals surface area (Å²) in [6, 6.07) is 23.1. The number of amides is 1. The van der Waals surface area contributed by atoms with Gasteiger partial charge >= 0.3 is 0 Å². The van der Waals surface area contributed by atoms with E-state index in [0.717, 1.165) is 16.1 Å². The van der Waals surface area contributed by atoms with Crippen molar-refractivity contribution < 1.29 is 14.3 Å². The van der Waals surface area contributed by atoms with Crippen molar-refractivity contribution in [3.8, 4) is 11.8 Å². The SMILES string of the molecule is COc1cc(OC)nc([C@H](Sc2ccc(NC(=O)c3cccs3)cc2)c2ccccc2)n1. The summed E-state index contributed by atoms with van der Waals surface area (Å²) in [5, 5.41) is 4.63. The summed E-state index contributed by atoms with van der Waals surface area (Å²) in [6.45, 7) is 0. The average Bonchev–Trinajstić information content (AvgIpc) is 3.39. The van der Waals surface area contributed by atoms with Crippen LogP contribution < -0.4 is 14.8 Å². The molecule has 6 nitrogen and oxygen atoms in total. The number of thioether (sulfide) groups is 1. The maximum atomic E-state index is 12.3. The van der Waals surface area contributed by atoms with Crippen LogP contribution in [0.5, 0.6) is 11.8 Å². The van der Waals surface area contributed by atoms with Crippen molar-refractivity contribution in [3.63, 3.8) is 0 Å². The number of rotatable bonds is 8. The van der Waals surface area contributed by atoms with Gasteiger partial charge < -0.3 is 14.8 Å². The molecule has 0 aliphatic heterocycles. The fourth-order valence-electron chi connectivity index (χ4n) is 3.00. The Morgan fingerprint density at radius 2 is 1.62 bits per heavy atom. The summed E-state index contributed by atoms with van der Waals surface area (Å²) < 4.78 is 10.7. The zero-order valence-corrected chi connectivity index (χ0v) is 19.2. The molecule has 1 N–H and O–H groups in total. The highest BCUT2D eigenvalue weighted by Gasteiger charge is 2.21. The third kappa shape index (κ3) is 5.27. The van der Waals surface area contributed by atoms with Crippen LogP contribution >= 0.6 is 23.1 Å². The van der Waals surface area contributed by atoms with Gasteiger partial charge in [0.2, 0.25) is 11.8 Å². The molecule has 0 aliphatic carbocycles. The molecule has 1 atom stereocenters. The molecule has 1 amide bonds. The number of ether oxygens (including phenoxy) is 2. The zero-order valence-electron chi connectivity index (χ0n) is 17.5. The molecule has 0 bridgehead atoms. The van der Waals surface area contributed by atoms with E-state index in [0.29, 0.717) is 22.5 Å². The summed E-state index contributed by atoms with van der Waals surface area (Å²) in [4.78, 5) is 23.1. The number of aromatic nitrogens is 2. The molecule has 2 aromatic heterocycles. The molecular formula is C24H21N3O3S2. The summed E-state index contributed by atoms with van der Waals surface area (Å²) in [5.41, 5.74) is 1.80. The second-order valence-electron chi connectivity index (χ2n) is 6.68. The zero-order chi connectivity index (χ0) is 22.3. The van der Waals surface area contributed by atoms with Gasteiger partial charge in [0.1, 0.15) is 0 Å². The van der Waals surface area contributed by atoms with Crippen molar-refractivity contribution in [1.29, 1.82) is 0 Å². The molecule has 0 aliphatic rings. The van der Waals surface area contributed by atoms with Crippen molar-refractivity contribution in [2.24, 2.45) is 0 Å².